The number of amides is 1. The molecule has 0 fully saturated rings. The van der Waals surface area contributed by atoms with Crippen molar-refractivity contribution in [3.63, 3.8) is 0 Å². The van der Waals surface area contributed by atoms with Crippen LogP contribution in [0.5, 0.6) is 5.75 Å². The van der Waals surface area contributed by atoms with E-state index in [4.69, 9.17) is 9.47 Å². The number of aromatic nitrogens is 4. The molecule has 0 aliphatic carbocycles. The van der Waals surface area contributed by atoms with Crippen molar-refractivity contribution in [2.45, 2.75) is 12.1 Å². The van der Waals surface area contributed by atoms with Gasteiger partial charge in [-0.25, -0.2) is 4.79 Å². The lowest BCUT2D eigenvalue weighted by atomic mass is 10.2. The number of anilines is 1. The van der Waals surface area contributed by atoms with Crippen LogP contribution in [-0.2, 0) is 9.53 Å². The molecule has 0 spiro atoms. The van der Waals surface area contributed by atoms with Crippen LogP contribution in [0.1, 0.15) is 17.3 Å². The summed E-state index contributed by atoms with van der Waals surface area (Å²) in [5, 5.41) is 14.8. The molecule has 1 aromatic heterocycles. The number of ether oxygens (including phenoxy) is 2. The molecule has 10 heteroatoms. The van der Waals surface area contributed by atoms with Crippen molar-refractivity contribution in [2.24, 2.45) is 0 Å². The molecule has 1 heterocycles. The van der Waals surface area contributed by atoms with Crippen LogP contribution in [0.2, 0.25) is 0 Å². The molecule has 0 saturated carbocycles. The van der Waals surface area contributed by atoms with E-state index >= 15 is 0 Å². The first kappa shape index (κ1) is 20.3. The second-order valence-electron chi connectivity index (χ2n) is 5.71. The van der Waals surface area contributed by atoms with E-state index in [1.165, 1.54) is 11.8 Å². The van der Waals surface area contributed by atoms with Crippen molar-refractivity contribution < 1.29 is 19.1 Å². The zero-order chi connectivity index (χ0) is 20.6. The van der Waals surface area contributed by atoms with Gasteiger partial charge in [-0.3, -0.25) is 4.79 Å². The molecule has 0 saturated heterocycles. The van der Waals surface area contributed by atoms with E-state index in [-0.39, 0.29) is 18.3 Å². The van der Waals surface area contributed by atoms with Gasteiger partial charge in [-0.15, -0.1) is 5.10 Å². The third-order valence-electron chi connectivity index (χ3n) is 3.75. The van der Waals surface area contributed by atoms with Gasteiger partial charge in [-0.05, 0) is 59.8 Å². The quantitative estimate of drug-likeness (QED) is 0.443. The van der Waals surface area contributed by atoms with E-state index < -0.39 is 5.97 Å². The van der Waals surface area contributed by atoms with Gasteiger partial charge in [0.25, 0.3) is 0 Å². The Labute approximate surface area is 171 Å². The lowest BCUT2D eigenvalue weighted by Gasteiger charge is -2.08. The van der Waals surface area contributed by atoms with Gasteiger partial charge in [0, 0.05) is 5.69 Å². The summed E-state index contributed by atoms with van der Waals surface area (Å²) in [6.07, 6.45) is 0. The van der Waals surface area contributed by atoms with Gasteiger partial charge in [0.1, 0.15) is 5.75 Å². The van der Waals surface area contributed by atoms with Crippen LogP contribution >= 0.6 is 11.8 Å². The molecule has 29 heavy (non-hydrogen) atoms. The first-order valence-electron chi connectivity index (χ1n) is 8.73. The first-order valence-corrected chi connectivity index (χ1v) is 9.72. The van der Waals surface area contributed by atoms with Crippen molar-refractivity contribution in [3.8, 4) is 11.4 Å². The average molecular weight is 413 g/mol. The van der Waals surface area contributed by atoms with Gasteiger partial charge in [-0.2, -0.15) is 4.68 Å². The zero-order valence-electron chi connectivity index (χ0n) is 15.9. The molecule has 3 rings (SSSR count). The Morgan fingerprint density at radius 3 is 2.69 bits per heavy atom. The number of rotatable bonds is 8. The van der Waals surface area contributed by atoms with Crippen LogP contribution in [0.4, 0.5) is 5.69 Å². The highest BCUT2D eigenvalue weighted by Crippen LogP contribution is 2.21. The number of tetrazole rings is 1. The van der Waals surface area contributed by atoms with Gasteiger partial charge in [-0.1, -0.05) is 17.8 Å². The third kappa shape index (κ3) is 5.32. The number of thioether (sulfide) groups is 1. The monoisotopic (exact) mass is 413 g/mol. The molecule has 0 aliphatic rings. The second kappa shape index (κ2) is 9.69. The number of hydrogen-bond acceptors (Lipinski definition) is 8. The highest BCUT2D eigenvalue weighted by molar-refractivity contribution is 7.99. The van der Waals surface area contributed by atoms with Gasteiger partial charge >= 0.3 is 5.97 Å². The van der Waals surface area contributed by atoms with Crippen molar-refractivity contribution in [3.05, 3.63) is 54.1 Å². The van der Waals surface area contributed by atoms with E-state index in [9.17, 15) is 9.59 Å². The highest BCUT2D eigenvalue weighted by atomic mass is 32.2. The summed E-state index contributed by atoms with van der Waals surface area (Å²) in [5.74, 6) is 0.137. The summed E-state index contributed by atoms with van der Waals surface area (Å²) in [7, 11) is 1.59. The van der Waals surface area contributed by atoms with Crippen molar-refractivity contribution >= 4 is 29.3 Å². The minimum atomic E-state index is -0.434. The lowest BCUT2D eigenvalue weighted by molar-refractivity contribution is -0.113. The van der Waals surface area contributed by atoms with Crippen LogP contribution in [0.15, 0.2) is 53.7 Å². The van der Waals surface area contributed by atoms with Crippen LogP contribution in [0.25, 0.3) is 5.69 Å². The maximum Gasteiger partial charge on any atom is 0.338 e. The number of carbonyl (C=O) groups is 2. The summed E-state index contributed by atoms with van der Waals surface area (Å²) in [5.41, 5.74) is 1.64. The van der Waals surface area contributed by atoms with E-state index in [0.717, 1.165) is 11.4 Å². The fourth-order valence-electron chi connectivity index (χ4n) is 2.42. The summed E-state index contributed by atoms with van der Waals surface area (Å²) < 4.78 is 11.6. The maximum atomic E-state index is 12.3. The van der Waals surface area contributed by atoms with Gasteiger partial charge in [0.05, 0.1) is 30.7 Å². The molecule has 0 atom stereocenters. The first-order chi connectivity index (χ1) is 14.1. The molecule has 1 amide bonds. The largest absolute Gasteiger partial charge is 0.497 e. The van der Waals surface area contributed by atoms with E-state index in [0.29, 0.717) is 16.4 Å². The van der Waals surface area contributed by atoms with Crippen LogP contribution < -0.4 is 10.1 Å². The Kier molecular flexibility index (Phi) is 6.80. The molecule has 1 N–H and O–H groups in total. The molecule has 2 aromatic carbocycles. The fraction of sp³-hybridized carbons (Fsp3) is 0.211. The van der Waals surface area contributed by atoms with Crippen molar-refractivity contribution in [1.82, 2.24) is 20.2 Å². The lowest BCUT2D eigenvalue weighted by Crippen LogP contribution is -2.15. The van der Waals surface area contributed by atoms with E-state index in [1.54, 1.807) is 55.1 Å². The number of nitrogens with zero attached hydrogens (tertiary/aromatic N) is 4. The van der Waals surface area contributed by atoms with Crippen LogP contribution in [0.3, 0.4) is 0 Å². The van der Waals surface area contributed by atoms with Crippen LogP contribution in [0, 0.1) is 0 Å². The van der Waals surface area contributed by atoms with Gasteiger partial charge < -0.3 is 14.8 Å². The van der Waals surface area contributed by atoms with Crippen molar-refractivity contribution in [2.75, 3.05) is 24.8 Å². The summed E-state index contributed by atoms with van der Waals surface area (Å²) in [6, 6.07) is 13.8. The molecule has 9 nitrogen and oxygen atoms in total. The predicted octanol–water partition coefficient (Wildman–Crippen LogP) is 2.58. The van der Waals surface area contributed by atoms with E-state index in [2.05, 4.69) is 20.8 Å². The molecule has 0 radical (unpaired) electrons. The maximum absolute atomic E-state index is 12.3. The average Bonchev–Trinajstić information content (AvgIpc) is 3.21. The number of benzene rings is 2. The SMILES string of the molecule is CCOC(=O)c1cccc(NC(=O)CSc2nnnn2-c2ccc(OC)cc2)c1. The van der Waals surface area contributed by atoms with E-state index in [1.807, 2.05) is 12.1 Å². The molecule has 0 bridgehead atoms. The molecule has 150 valence electrons. The van der Waals surface area contributed by atoms with Gasteiger partial charge in [0.15, 0.2) is 0 Å². The highest BCUT2D eigenvalue weighted by Gasteiger charge is 2.13. The molecule has 3 aromatic rings. The summed E-state index contributed by atoms with van der Waals surface area (Å²) in [6.45, 7) is 2.02. The summed E-state index contributed by atoms with van der Waals surface area (Å²) >= 11 is 1.20. The molecule has 0 unspecified atom stereocenters. The second-order valence-corrected chi connectivity index (χ2v) is 6.65. The number of nitrogens with one attached hydrogen (secondary N) is 1. The smallest absolute Gasteiger partial charge is 0.338 e. The third-order valence-corrected chi connectivity index (χ3v) is 4.67. The number of methoxy groups -OCH3 is 1. The molecular formula is C19H19N5O4S. The standard InChI is InChI=1S/C19H19N5O4S/c1-3-28-18(26)13-5-4-6-14(11-13)20-17(25)12-29-19-21-22-23-24(19)15-7-9-16(27-2)10-8-15/h4-11H,3,12H2,1-2H3,(H,20,25). The number of hydrogen-bond donors (Lipinski definition) is 1. The molecule has 0 aliphatic heterocycles. The number of carbonyl (C=O) groups excluding carboxylic acids is 2. The topological polar surface area (TPSA) is 108 Å². The number of esters is 1. The van der Waals surface area contributed by atoms with Gasteiger partial charge in [0.2, 0.25) is 11.1 Å². The Balaban J connectivity index is 1.61. The predicted molar refractivity (Wildman–Crippen MR) is 107 cm³/mol. The Hall–Kier alpha value is -3.40. The Bertz CT molecular complexity index is 990. The fourth-order valence-corrected chi connectivity index (χ4v) is 3.11. The summed E-state index contributed by atoms with van der Waals surface area (Å²) in [4.78, 5) is 24.1. The van der Waals surface area contributed by atoms with Crippen molar-refractivity contribution in [1.29, 1.82) is 0 Å². The molecular weight excluding hydrogens is 394 g/mol. The Morgan fingerprint density at radius 1 is 1.17 bits per heavy atom. The Morgan fingerprint density at radius 2 is 1.97 bits per heavy atom. The minimum Gasteiger partial charge on any atom is -0.497 e. The normalized spacial score (nSPS) is 10.4. The van der Waals surface area contributed by atoms with Crippen LogP contribution in [-0.4, -0.2) is 51.6 Å². The minimum absolute atomic E-state index is 0.0974. The zero-order valence-corrected chi connectivity index (χ0v) is 16.7.